The quantitative estimate of drug-likeness (QED) is 0.849. The molecule has 0 saturated heterocycles. The first kappa shape index (κ1) is 14.7. The lowest BCUT2D eigenvalue weighted by Gasteiger charge is -2.53. The maximum atomic E-state index is 12.4. The largest absolute Gasteiger partial charge is 0.481 e. The number of hydrogen-bond donors (Lipinski definition) is 1. The monoisotopic (exact) mass is 292 g/mol. The molecule has 116 valence electrons. The maximum Gasteiger partial charge on any atom is 0.304 e. The van der Waals surface area contributed by atoms with Crippen LogP contribution in [-0.4, -0.2) is 22.6 Å². The third-order valence-corrected chi connectivity index (χ3v) is 6.82. The van der Waals surface area contributed by atoms with Crippen molar-refractivity contribution in [2.45, 2.75) is 58.8 Å². The van der Waals surface area contributed by atoms with Crippen molar-refractivity contribution in [1.82, 2.24) is 0 Å². The standard InChI is InChI=1S/C17H24O4/c1-16-8-7-12-10(11(16)4-6-13(16)18)3-5-14(19)17(12,2)9-15(20)21/h10-12H,3-9H2,1-2H3,(H,20,21)/t10?,11?,12?,16-,17+/m0/s1. The van der Waals surface area contributed by atoms with Crippen LogP contribution in [0.4, 0.5) is 0 Å². The smallest absolute Gasteiger partial charge is 0.304 e. The van der Waals surface area contributed by atoms with E-state index >= 15 is 0 Å². The van der Waals surface area contributed by atoms with Crippen molar-refractivity contribution in [3.8, 4) is 0 Å². The van der Waals surface area contributed by atoms with E-state index in [0.29, 0.717) is 30.5 Å². The summed E-state index contributed by atoms with van der Waals surface area (Å²) in [6.45, 7) is 3.94. The summed E-state index contributed by atoms with van der Waals surface area (Å²) in [7, 11) is 0. The lowest BCUT2D eigenvalue weighted by atomic mass is 9.49. The second-order valence-corrected chi connectivity index (χ2v) is 7.74. The summed E-state index contributed by atoms with van der Waals surface area (Å²) < 4.78 is 0. The Morgan fingerprint density at radius 1 is 1.10 bits per heavy atom. The van der Waals surface area contributed by atoms with Crippen molar-refractivity contribution < 1.29 is 19.5 Å². The molecule has 1 N–H and O–H groups in total. The van der Waals surface area contributed by atoms with Gasteiger partial charge in [-0.25, -0.2) is 0 Å². The number of carboxylic acids is 1. The average Bonchev–Trinajstić information content (AvgIpc) is 2.70. The lowest BCUT2D eigenvalue weighted by molar-refractivity contribution is -0.156. The predicted molar refractivity (Wildman–Crippen MR) is 76.7 cm³/mol. The third kappa shape index (κ3) is 1.98. The fourth-order valence-corrected chi connectivity index (χ4v) is 5.59. The third-order valence-electron chi connectivity index (χ3n) is 6.82. The SMILES string of the molecule is C[C@]1(CC(=O)O)C(=O)CCC2C1CC[C@]1(C)C(=O)CCC21. The molecule has 0 aromatic rings. The van der Waals surface area contributed by atoms with Crippen LogP contribution >= 0.6 is 0 Å². The second kappa shape index (κ2) is 4.65. The molecular formula is C17H24O4. The van der Waals surface area contributed by atoms with Crippen LogP contribution in [0.15, 0.2) is 0 Å². The number of carboxylic acid groups (broad SMARTS) is 1. The van der Waals surface area contributed by atoms with E-state index in [9.17, 15) is 19.5 Å². The molecule has 0 aliphatic heterocycles. The van der Waals surface area contributed by atoms with Crippen LogP contribution in [0.1, 0.15) is 58.8 Å². The maximum absolute atomic E-state index is 12.4. The Balaban J connectivity index is 1.94. The lowest BCUT2D eigenvalue weighted by Crippen LogP contribution is -2.53. The van der Waals surface area contributed by atoms with Crippen LogP contribution in [-0.2, 0) is 14.4 Å². The molecule has 4 nitrogen and oxygen atoms in total. The Morgan fingerprint density at radius 3 is 2.43 bits per heavy atom. The van der Waals surface area contributed by atoms with E-state index < -0.39 is 11.4 Å². The molecule has 3 aliphatic carbocycles. The van der Waals surface area contributed by atoms with Gasteiger partial charge >= 0.3 is 5.97 Å². The molecule has 5 atom stereocenters. The molecule has 0 heterocycles. The molecule has 0 radical (unpaired) electrons. The Labute approximate surface area is 125 Å². The summed E-state index contributed by atoms with van der Waals surface area (Å²) in [5, 5.41) is 9.21. The van der Waals surface area contributed by atoms with Gasteiger partial charge in [0.25, 0.3) is 0 Å². The van der Waals surface area contributed by atoms with Crippen LogP contribution in [0.2, 0.25) is 0 Å². The first-order chi connectivity index (χ1) is 9.79. The van der Waals surface area contributed by atoms with Gasteiger partial charge in [-0.2, -0.15) is 0 Å². The van der Waals surface area contributed by atoms with Crippen LogP contribution in [0.5, 0.6) is 0 Å². The first-order valence-corrected chi connectivity index (χ1v) is 8.07. The fourth-order valence-electron chi connectivity index (χ4n) is 5.59. The van der Waals surface area contributed by atoms with Gasteiger partial charge < -0.3 is 5.11 Å². The Kier molecular flexibility index (Phi) is 3.26. The van der Waals surface area contributed by atoms with E-state index in [1.165, 1.54) is 0 Å². The molecule has 0 aromatic heterocycles. The Bertz CT molecular complexity index is 511. The molecule has 21 heavy (non-hydrogen) atoms. The van der Waals surface area contributed by atoms with Crippen molar-refractivity contribution in [1.29, 1.82) is 0 Å². The highest BCUT2D eigenvalue weighted by atomic mass is 16.4. The molecule has 0 amide bonds. The normalized spacial score (nSPS) is 46.1. The fraction of sp³-hybridized carbons (Fsp3) is 0.824. The van der Waals surface area contributed by atoms with Gasteiger partial charge in [-0.05, 0) is 43.4 Å². The summed E-state index contributed by atoms with van der Waals surface area (Å²) in [6, 6.07) is 0. The highest BCUT2D eigenvalue weighted by Crippen LogP contribution is 2.61. The summed E-state index contributed by atoms with van der Waals surface area (Å²) >= 11 is 0. The van der Waals surface area contributed by atoms with Crippen molar-refractivity contribution in [2.24, 2.45) is 28.6 Å². The average molecular weight is 292 g/mol. The molecule has 3 saturated carbocycles. The van der Waals surface area contributed by atoms with Crippen molar-refractivity contribution in [2.75, 3.05) is 0 Å². The van der Waals surface area contributed by atoms with E-state index in [4.69, 9.17) is 0 Å². The van der Waals surface area contributed by atoms with Crippen LogP contribution in [0.25, 0.3) is 0 Å². The first-order valence-electron chi connectivity index (χ1n) is 8.07. The van der Waals surface area contributed by atoms with E-state index in [1.54, 1.807) is 0 Å². The van der Waals surface area contributed by atoms with E-state index in [0.717, 1.165) is 25.7 Å². The van der Waals surface area contributed by atoms with Gasteiger partial charge in [0.15, 0.2) is 0 Å². The number of aliphatic carboxylic acids is 1. The van der Waals surface area contributed by atoms with Crippen LogP contribution in [0.3, 0.4) is 0 Å². The van der Waals surface area contributed by atoms with Crippen LogP contribution < -0.4 is 0 Å². The molecule has 0 aromatic carbocycles. The number of hydrogen-bond acceptors (Lipinski definition) is 3. The molecule has 3 rings (SSSR count). The van der Waals surface area contributed by atoms with Gasteiger partial charge in [0.2, 0.25) is 0 Å². The number of ketones is 2. The Morgan fingerprint density at radius 2 is 1.76 bits per heavy atom. The molecular weight excluding hydrogens is 268 g/mol. The second-order valence-electron chi connectivity index (χ2n) is 7.74. The van der Waals surface area contributed by atoms with Gasteiger partial charge in [0.05, 0.1) is 6.42 Å². The number of carbonyl (C=O) groups is 3. The summed E-state index contributed by atoms with van der Waals surface area (Å²) in [5.74, 6) is 0.435. The van der Waals surface area contributed by atoms with Crippen molar-refractivity contribution in [3.63, 3.8) is 0 Å². The molecule has 3 unspecified atom stereocenters. The molecule has 3 aliphatic rings. The molecule has 0 spiro atoms. The zero-order valence-corrected chi connectivity index (χ0v) is 12.9. The highest BCUT2D eigenvalue weighted by molar-refractivity contribution is 5.90. The van der Waals surface area contributed by atoms with Crippen molar-refractivity contribution in [3.05, 3.63) is 0 Å². The van der Waals surface area contributed by atoms with E-state index in [2.05, 4.69) is 6.92 Å². The van der Waals surface area contributed by atoms with Gasteiger partial charge in [-0.3, -0.25) is 14.4 Å². The molecule has 0 bridgehead atoms. The minimum absolute atomic E-state index is 0.0651. The molecule has 3 fully saturated rings. The van der Waals surface area contributed by atoms with Gasteiger partial charge in [0.1, 0.15) is 11.6 Å². The highest BCUT2D eigenvalue weighted by Gasteiger charge is 2.59. The van der Waals surface area contributed by atoms with E-state index in [1.807, 2.05) is 6.92 Å². The van der Waals surface area contributed by atoms with E-state index in [-0.39, 0.29) is 23.5 Å². The van der Waals surface area contributed by atoms with Gasteiger partial charge in [-0.1, -0.05) is 13.8 Å². The minimum atomic E-state index is -0.887. The number of carbonyl (C=O) groups excluding carboxylic acids is 2. The summed E-state index contributed by atoms with van der Waals surface area (Å²) in [6.07, 6.45) is 4.48. The predicted octanol–water partition coefficient (Wildman–Crippen LogP) is 2.84. The summed E-state index contributed by atoms with van der Waals surface area (Å²) in [5.41, 5.74) is -0.951. The molecule has 4 heteroatoms. The minimum Gasteiger partial charge on any atom is -0.481 e. The summed E-state index contributed by atoms with van der Waals surface area (Å²) in [4.78, 5) is 35.9. The van der Waals surface area contributed by atoms with Gasteiger partial charge in [0, 0.05) is 23.7 Å². The number of Topliss-reactive ketones (excluding diaryl/α,β-unsaturated/α-hetero) is 2. The topological polar surface area (TPSA) is 71.4 Å². The zero-order chi connectivity index (χ0) is 15.4. The Hall–Kier alpha value is -1.19. The number of rotatable bonds is 2. The number of fused-ring (bicyclic) bond motifs is 3. The van der Waals surface area contributed by atoms with Crippen molar-refractivity contribution >= 4 is 17.5 Å². The van der Waals surface area contributed by atoms with Gasteiger partial charge in [-0.15, -0.1) is 0 Å². The van der Waals surface area contributed by atoms with Crippen LogP contribution in [0, 0.1) is 28.6 Å². The zero-order valence-electron chi connectivity index (χ0n) is 12.9.